The van der Waals surface area contributed by atoms with E-state index in [1.807, 2.05) is 30.9 Å². The van der Waals surface area contributed by atoms with Crippen molar-refractivity contribution in [3.63, 3.8) is 0 Å². The number of benzene rings is 2. The van der Waals surface area contributed by atoms with Gasteiger partial charge in [0.2, 0.25) is 11.7 Å². The summed E-state index contributed by atoms with van der Waals surface area (Å²) in [5.41, 5.74) is 1.79. The van der Waals surface area contributed by atoms with Crippen LogP contribution in [0, 0.1) is 11.7 Å². The first kappa shape index (κ1) is 24.8. The third kappa shape index (κ3) is 5.96. The van der Waals surface area contributed by atoms with Crippen molar-refractivity contribution in [2.45, 2.75) is 45.7 Å². The molecule has 7 heteroatoms. The molecule has 0 bridgehead atoms. The SMILES string of the molecule is COc1ccc(CN2CCC(N(C(=O)CC(C)C)c3ccc(F)cc3)CC2)c(OC)c1OC. The summed E-state index contributed by atoms with van der Waals surface area (Å²) in [6.45, 7) is 6.48. The number of rotatable bonds is 9. The van der Waals surface area contributed by atoms with E-state index in [9.17, 15) is 9.18 Å². The van der Waals surface area contributed by atoms with Gasteiger partial charge in [-0.25, -0.2) is 4.39 Å². The summed E-state index contributed by atoms with van der Waals surface area (Å²) in [6, 6.07) is 10.2. The maximum Gasteiger partial charge on any atom is 0.227 e. The molecule has 0 saturated carbocycles. The van der Waals surface area contributed by atoms with E-state index in [0.29, 0.717) is 30.2 Å². The van der Waals surface area contributed by atoms with Gasteiger partial charge in [-0.2, -0.15) is 0 Å². The van der Waals surface area contributed by atoms with Crippen LogP contribution in [-0.2, 0) is 11.3 Å². The molecule has 0 aliphatic carbocycles. The first-order chi connectivity index (χ1) is 15.9. The van der Waals surface area contributed by atoms with Crippen LogP contribution in [0.2, 0.25) is 0 Å². The number of halogens is 1. The molecular weight excluding hydrogens is 423 g/mol. The number of piperidine rings is 1. The number of ether oxygens (including phenoxy) is 3. The average molecular weight is 459 g/mol. The lowest BCUT2D eigenvalue weighted by Crippen LogP contribution is -2.47. The first-order valence-corrected chi connectivity index (χ1v) is 11.5. The van der Waals surface area contributed by atoms with Gasteiger partial charge in [0.1, 0.15) is 5.82 Å². The highest BCUT2D eigenvalue weighted by Crippen LogP contribution is 2.40. The molecule has 6 nitrogen and oxygen atoms in total. The van der Waals surface area contributed by atoms with Crippen molar-refractivity contribution in [1.82, 2.24) is 4.90 Å². The van der Waals surface area contributed by atoms with Gasteiger partial charge in [-0.3, -0.25) is 9.69 Å². The Kier molecular flexibility index (Phi) is 8.55. The van der Waals surface area contributed by atoms with E-state index in [1.54, 1.807) is 33.5 Å². The van der Waals surface area contributed by atoms with Crippen molar-refractivity contribution in [2.24, 2.45) is 5.92 Å². The Bertz CT molecular complexity index is 925. The van der Waals surface area contributed by atoms with Gasteiger partial charge < -0.3 is 19.1 Å². The summed E-state index contributed by atoms with van der Waals surface area (Å²) in [7, 11) is 4.84. The highest BCUT2D eigenvalue weighted by molar-refractivity contribution is 5.94. The molecule has 33 heavy (non-hydrogen) atoms. The van der Waals surface area contributed by atoms with Crippen molar-refractivity contribution in [3.05, 3.63) is 47.8 Å². The zero-order valence-electron chi connectivity index (χ0n) is 20.3. The topological polar surface area (TPSA) is 51.2 Å². The molecular formula is C26H35FN2O4. The van der Waals surface area contributed by atoms with Crippen LogP contribution < -0.4 is 19.1 Å². The van der Waals surface area contributed by atoms with Crippen LogP contribution in [0.4, 0.5) is 10.1 Å². The summed E-state index contributed by atoms with van der Waals surface area (Å²) < 4.78 is 30.0. The predicted molar refractivity (Wildman–Crippen MR) is 128 cm³/mol. The minimum atomic E-state index is -0.298. The van der Waals surface area contributed by atoms with Gasteiger partial charge in [0.15, 0.2) is 11.5 Å². The highest BCUT2D eigenvalue weighted by Gasteiger charge is 2.30. The summed E-state index contributed by atoms with van der Waals surface area (Å²) in [5.74, 6) is 1.96. The van der Waals surface area contributed by atoms with E-state index in [0.717, 1.165) is 37.2 Å². The number of carbonyl (C=O) groups excluding carboxylic acids is 1. The van der Waals surface area contributed by atoms with Crippen LogP contribution in [0.25, 0.3) is 0 Å². The second kappa shape index (κ2) is 11.4. The van der Waals surface area contributed by atoms with Gasteiger partial charge >= 0.3 is 0 Å². The van der Waals surface area contributed by atoms with Gasteiger partial charge in [-0.1, -0.05) is 19.9 Å². The molecule has 0 aromatic heterocycles. The van der Waals surface area contributed by atoms with Gasteiger partial charge in [-0.15, -0.1) is 0 Å². The maximum atomic E-state index is 13.5. The minimum Gasteiger partial charge on any atom is -0.493 e. The number of likely N-dealkylation sites (tertiary alicyclic amines) is 1. The number of hydrogen-bond donors (Lipinski definition) is 0. The molecule has 1 fully saturated rings. The van der Waals surface area contributed by atoms with E-state index in [4.69, 9.17) is 14.2 Å². The lowest BCUT2D eigenvalue weighted by Gasteiger charge is -2.39. The number of carbonyl (C=O) groups is 1. The zero-order chi connectivity index (χ0) is 24.0. The normalized spacial score (nSPS) is 14.9. The Morgan fingerprint density at radius 2 is 1.64 bits per heavy atom. The molecule has 1 aliphatic rings. The van der Waals surface area contributed by atoms with E-state index < -0.39 is 0 Å². The van der Waals surface area contributed by atoms with Crippen molar-refractivity contribution >= 4 is 11.6 Å². The fraction of sp³-hybridized carbons (Fsp3) is 0.500. The average Bonchev–Trinajstić information content (AvgIpc) is 2.80. The van der Waals surface area contributed by atoms with Crippen molar-refractivity contribution in [2.75, 3.05) is 39.3 Å². The molecule has 1 amide bonds. The van der Waals surface area contributed by atoms with E-state index >= 15 is 0 Å². The van der Waals surface area contributed by atoms with Crippen molar-refractivity contribution in [1.29, 1.82) is 0 Å². The van der Waals surface area contributed by atoms with E-state index in [-0.39, 0.29) is 23.7 Å². The molecule has 0 atom stereocenters. The van der Waals surface area contributed by atoms with Crippen molar-refractivity contribution < 1.29 is 23.4 Å². The Balaban J connectivity index is 1.73. The summed E-state index contributed by atoms with van der Waals surface area (Å²) in [6.07, 6.45) is 2.16. The number of anilines is 1. The summed E-state index contributed by atoms with van der Waals surface area (Å²) in [5, 5.41) is 0. The summed E-state index contributed by atoms with van der Waals surface area (Å²) >= 11 is 0. The Labute approximate surface area is 196 Å². The van der Waals surface area contributed by atoms with Gasteiger partial charge in [0, 0.05) is 43.3 Å². The molecule has 180 valence electrons. The molecule has 0 radical (unpaired) electrons. The second-order valence-corrected chi connectivity index (χ2v) is 8.84. The van der Waals surface area contributed by atoms with Crippen LogP contribution in [-0.4, -0.2) is 51.3 Å². The van der Waals surface area contributed by atoms with Crippen LogP contribution in [0.1, 0.15) is 38.7 Å². The molecule has 3 rings (SSSR count). The molecule has 2 aromatic rings. The largest absolute Gasteiger partial charge is 0.493 e. The van der Waals surface area contributed by atoms with E-state index in [2.05, 4.69) is 4.90 Å². The predicted octanol–water partition coefficient (Wildman–Crippen LogP) is 4.90. The van der Waals surface area contributed by atoms with E-state index in [1.165, 1.54) is 12.1 Å². The third-order valence-electron chi connectivity index (χ3n) is 6.06. The summed E-state index contributed by atoms with van der Waals surface area (Å²) in [4.78, 5) is 17.3. The molecule has 1 heterocycles. The minimum absolute atomic E-state index is 0.0882. The zero-order valence-corrected chi connectivity index (χ0v) is 20.3. The third-order valence-corrected chi connectivity index (χ3v) is 6.06. The fourth-order valence-electron chi connectivity index (χ4n) is 4.47. The Morgan fingerprint density at radius 1 is 1.00 bits per heavy atom. The Hall–Kier alpha value is -2.80. The Morgan fingerprint density at radius 3 is 2.18 bits per heavy atom. The fourth-order valence-corrected chi connectivity index (χ4v) is 4.47. The molecule has 1 saturated heterocycles. The smallest absolute Gasteiger partial charge is 0.227 e. The van der Waals surface area contributed by atoms with Crippen molar-refractivity contribution in [3.8, 4) is 17.2 Å². The maximum absolute atomic E-state index is 13.5. The molecule has 1 aliphatic heterocycles. The van der Waals surface area contributed by atoms with Crippen LogP contribution in [0.3, 0.4) is 0 Å². The standard InChI is InChI=1S/C26H35FN2O4/c1-18(2)16-24(30)29(21-9-7-20(27)8-10-21)22-12-14-28(15-13-22)17-19-6-11-23(31-3)26(33-5)25(19)32-4/h6-11,18,22H,12-17H2,1-5H3. The highest BCUT2D eigenvalue weighted by atomic mass is 19.1. The van der Waals surface area contributed by atoms with Gasteiger partial charge in [-0.05, 0) is 49.1 Å². The van der Waals surface area contributed by atoms with Crippen LogP contribution >= 0.6 is 0 Å². The quantitative estimate of drug-likeness (QED) is 0.535. The number of nitrogens with zero attached hydrogens (tertiary/aromatic N) is 2. The monoisotopic (exact) mass is 458 g/mol. The molecule has 0 spiro atoms. The molecule has 0 unspecified atom stereocenters. The number of hydrogen-bond acceptors (Lipinski definition) is 5. The lowest BCUT2D eigenvalue weighted by molar-refractivity contribution is -0.120. The molecule has 0 N–H and O–H groups in total. The second-order valence-electron chi connectivity index (χ2n) is 8.84. The number of amides is 1. The van der Waals surface area contributed by atoms with Crippen LogP contribution in [0.5, 0.6) is 17.2 Å². The van der Waals surface area contributed by atoms with Crippen LogP contribution in [0.15, 0.2) is 36.4 Å². The van der Waals surface area contributed by atoms with Gasteiger partial charge in [0.25, 0.3) is 0 Å². The first-order valence-electron chi connectivity index (χ1n) is 11.5. The molecule has 2 aromatic carbocycles. The number of methoxy groups -OCH3 is 3. The van der Waals surface area contributed by atoms with Gasteiger partial charge in [0.05, 0.1) is 21.3 Å². The lowest BCUT2D eigenvalue weighted by atomic mass is 9.99.